The van der Waals surface area contributed by atoms with E-state index < -0.39 is 0 Å². The van der Waals surface area contributed by atoms with Crippen molar-refractivity contribution in [3.63, 3.8) is 0 Å². The molecular weight excluding hydrogens is 174 g/mol. The molecule has 1 aliphatic carbocycles. The van der Waals surface area contributed by atoms with Gasteiger partial charge in [0, 0.05) is 0 Å². The van der Waals surface area contributed by atoms with Gasteiger partial charge in [0.15, 0.2) is 0 Å². The molecule has 0 aromatic heterocycles. The van der Waals surface area contributed by atoms with Crippen LogP contribution in [-0.2, 0) is 0 Å². The van der Waals surface area contributed by atoms with E-state index in [2.05, 4.69) is 37.1 Å². The molecule has 1 fully saturated rings. The standard InChI is InChI=1S/C11H17N3/c1-9(2,3)10(8-12)6-4-5-7-11(10)13-14-11/h4-7H2,1-3H3. The van der Waals surface area contributed by atoms with E-state index >= 15 is 0 Å². The van der Waals surface area contributed by atoms with E-state index in [1.165, 1.54) is 0 Å². The second-order valence-corrected chi connectivity index (χ2v) is 5.49. The molecule has 0 amide bonds. The summed E-state index contributed by atoms with van der Waals surface area (Å²) in [7, 11) is 0. The highest BCUT2D eigenvalue weighted by molar-refractivity contribution is 5.23. The number of hydrogen-bond acceptors (Lipinski definition) is 3. The average Bonchev–Trinajstić information content (AvgIpc) is 2.85. The lowest BCUT2D eigenvalue weighted by Crippen LogP contribution is -2.49. The van der Waals surface area contributed by atoms with E-state index in [0.29, 0.717) is 0 Å². The van der Waals surface area contributed by atoms with Crippen LogP contribution in [0.2, 0.25) is 0 Å². The average molecular weight is 191 g/mol. The van der Waals surface area contributed by atoms with Crippen LogP contribution < -0.4 is 0 Å². The SMILES string of the molecule is CC(C)(C)C1(C#N)CCCCC12N=N2. The minimum atomic E-state index is -0.363. The summed E-state index contributed by atoms with van der Waals surface area (Å²) in [6.45, 7) is 6.39. The number of nitrogens with zero attached hydrogens (tertiary/aromatic N) is 3. The van der Waals surface area contributed by atoms with Crippen LogP contribution in [0.4, 0.5) is 0 Å². The highest BCUT2D eigenvalue weighted by Crippen LogP contribution is 2.61. The van der Waals surface area contributed by atoms with Crippen LogP contribution in [0, 0.1) is 22.2 Å². The normalized spacial score (nSPS) is 34.1. The molecule has 0 aromatic carbocycles. The zero-order chi connectivity index (χ0) is 10.4. The molecule has 1 atom stereocenters. The maximum atomic E-state index is 9.48. The third-order valence-electron chi connectivity index (χ3n) is 3.82. The Balaban J connectivity index is 2.40. The molecular formula is C11H17N3. The van der Waals surface area contributed by atoms with Crippen molar-refractivity contribution < 1.29 is 0 Å². The van der Waals surface area contributed by atoms with Crippen molar-refractivity contribution in [2.45, 2.75) is 52.1 Å². The van der Waals surface area contributed by atoms with Crippen LogP contribution in [0.25, 0.3) is 0 Å². The second kappa shape index (κ2) is 2.56. The predicted molar refractivity (Wildman–Crippen MR) is 53.6 cm³/mol. The van der Waals surface area contributed by atoms with Crippen molar-refractivity contribution in [1.29, 1.82) is 5.26 Å². The van der Waals surface area contributed by atoms with Gasteiger partial charge in [-0.05, 0) is 24.7 Å². The molecule has 76 valence electrons. The molecule has 0 aromatic rings. The van der Waals surface area contributed by atoms with Gasteiger partial charge < -0.3 is 0 Å². The Labute approximate surface area is 85.2 Å². The Bertz CT molecular complexity index is 312. The predicted octanol–water partition coefficient (Wildman–Crippen LogP) is 3.28. The Morgan fingerprint density at radius 1 is 1.14 bits per heavy atom. The summed E-state index contributed by atoms with van der Waals surface area (Å²) in [4.78, 5) is 0. The minimum Gasteiger partial charge on any atom is -0.198 e. The highest BCUT2D eigenvalue weighted by Gasteiger charge is 2.65. The molecule has 2 aliphatic rings. The first-order valence-electron chi connectivity index (χ1n) is 5.33. The fraction of sp³-hybridized carbons (Fsp3) is 0.909. The molecule has 0 bridgehead atoms. The van der Waals surface area contributed by atoms with E-state index in [0.717, 1.165) is 25.7 Å². The molecule has 3 nitrogen and oxygen atoms in total. The van der Waals surface area contributed by atoms with E-state index in [-0.39, 0.29) is 16.5 Å². The van der Waals surface area contributed by atoms with Crippen LogP contribution >= 0.6 is 0 Å². The molecule has 14 heavy (non-hydrogen) atoms. The fourth-order valence-electron chi connectivity index (χ4n) is 2.80. The summed E-state index contributed by atoms with van der Waals surface area (Å²) < 4.78 is 0. The van der Waals surface area contributed by atoms with E-state index in [9.17, 15) is 5.26 Å². The molecule has 0 saturated heterocycles. The highest BCUT2D eigenvalue weighted by atomic mass is 15.5. The Morgan fingerprint density at radius 3 is 2.07 bits per heavy atom. The van der Waals surface area contributed by atoms with Crippen LogP contribution in [0.5, 0.6) is 0 Å². The smallest absolute Gasteiger partial charge is 0.198 e. The van der Waals surface area contributed by atoms with Gasteiger partial charge in [-0.25, -0.2) is 0 Å². The van der Waals surface area contributed by atoms with Crippen LogP contribution in [-0.4, -0.2) is 5.66 Å². The maximum absolute atomic E-state index is 9.48. The first kappa shape index (κ1) is 9.64. The summed E-state index contributed by atoms with van der Waals surface area (Å²) in [6, 6.07) is 2.52. The van der Waals surface area contributed by atoms with Crippen molar-refractivity contribution >= 4 is 0 Å². The molecule has 1 saturated carbocycles. The van der Waals surface area contributed by atoms with Gasteiger partial charge in [-0.15, -0.1) is 0 Å². The van der Waals surface area contributed by atoms with Gasteiger partial charge in [-0.3, -0.25) is 0 Å². The monoisotopic (exact) mass is 191 g/mol. The van der Waals surface area contributed by atoms with Gasteiger partial charge in [0.1, 0.15) is 5.41 Å². The van der Waals surface area contributed by atoms with Crippen LogP contribution in [0.1, 0.15) is 46.5 Å². The number of hydrogen-bond donors (Lipinski definition) is 0. The zero-order valence-electron chi connectivity index (χ0n) is 9.17. The molecule has 0 N–H and O–H groups in total. The molecule has 2 rings (SSSR count). The van der Waals surface area contributed by atoms with E-state index in [1.54, 1.807) is 0 Å². The third kappa shape index (κ3) is 0.972. The molecule has 1 aliphatic heterocycles. The van der Waals surface area contributed by atoms with E-state index in [1.807, 2.05) is 0 Å². The van der Waals surface area contributed by atoms with Gasteiger partial charge >= 0.3 is 0 Å². The molecule has 1 heterocycles. The summed E-state index contributed by atoms with van der Waals surface area (Å²) in [5.74, 6) is 0. The summed E-state index contributed by atoms with van der Waals surface area (Å²) >= 11 is 0. The first-order valence-corrected chi connectivity index (χ1v) is 5.33. The lowest BCUT2D eigenvalue weighted by atomic mass is 9.56. The maximum Gasteiger partial charge on any atom is 0.209 e. The molecule has 1 spiro atoms. The van der Waals surface area contributed by atoms with Crippen molar-refractivity contribution in [3.05, 3.63) is 0 Å². The summed E-state index contributed by atoms with van der Waals surface area (Å²) in [5, 5.41) is 17.9. The Hall–Kier alpha value is -0.910. The molecule has 0 radical (unpaired) electrons. The lowest BCUT2D eigenvalue weighted by Gasteiger charge is -2.45. The van der Waals surface area contributed by atoms with Gasteiger partial charge in [0.25, 0.3) is 0 Å². The van der Waals surface area contributed by atoms with Crippen molar-refractivity contribution in [1.82, 2.24) is 0 Å². The topological polar surface area (TPSA) is 48.5 Å². The first-order chi connectivity index (χ1) is 6.47. The quantitative estimate of drug-likeness (QED) is 0.579. The van der Waals surface area contributed by atoms with Crippen molar-refractivity contribution in [2.75, 3.05) is 0 Å². The fourth-order valence-corrected chi connectivity index (χ4v) is 2.80. The van der Waals surface area contributed by atoms with Gasteiger partial charge in [-0.2, -0.15) is 15.5 Å². The van der Waals surface area contributed by atoms with E-state index in [4.69, 9.17) is 0 Å². The molecule has 1 unspecified atom stereocenters. The zero-order valence-corrected chi connectivity index (χ0v) is 9.17. The molecule has 3 heteroatoms. The van der Waals surface area contributed by atoms with Crippen LogP contribution in [0.3, 0.4) is 0 Å². The second-order valence-electron chi connectivity index (χ2n) is 5.49. The largest absolute Gasteiger partial charge is 0.209 e. The van der Waals surface area contributed by atoms with Gasteiger partial charge in [-0.1, -0.05) is 27.2 Å². The van der Waals surface area contributed by atoms with Crippen LogP contribution in [0.15, 0.2) is 10.2 Å². The van der Waals surface area contributed by atoms with Gasteiger partial charge in [0.05, 0.1) is 6.07 Å². The summed E-state index contributed by atoms with van der Waals surface area (Å²) in [5.41, 5.74) is -0.734. The number of rotatable bonds is 0. The number of nitriles is 1. The van der Waals surface area contributed by atoms with Gasteiger partial charge in [0.2, 0.25) is 5.66 Å². The lowest BCUT2D eigenvalue weighted by molar-refractivity contribution is 0.0523. The van der Waals surface area contributed by atoms with Crippen molar-refractivity contribution in [3.8, 4) is 6.07 Å². The Morgan fingerprint density at radius 2 is 1.71 bits per heavy atom. The third-order valence-corrected chi connectivity index (χ3v) is 3.82. The summed E-state index contributed by atoms with van der Waals surface area (Å²) in [6.07, 6.45) is 4.21. The van der Waals surface area contributed by atoms with Crippen molar-refractivity contribution in [2.24, 2.45) is 21.1 Å². The Kier molecular flexibility index (Phi) is 1.76. The minimum absolute atomic E-state index is 0.0360.